The van der Waals surface area contributed by atoms with Gasteiger partial charge in [-0.1, -0.05) is 24.0 Å². The molecule has 1 heterocycles. The van der Waals surface area contributed by atoms with E-state index < -0.39 is 0 Å². The molecule has 0 spiro atoms. The van der Waals surface area contributed by atoms with Crippen molar-refractivity contribution in [1.29, 1.82) is 0 Å². The average Bonchev–Trinajstić information content (AvgIpc) is 2.72. The number of nitrogens with one attached hydrogen (secondary N) is 1. The van der Waals surface area contributed by atoms with Crippen molar-refractivity contribution < 1.29 is 14.3 Å². The number of ether oxygens (including phenoxy) is 1. The van der Waals surface area contributed by atoms with Gasteiger partial charge in [-0.25, -0.2) is 0 Å². The number of carbonyl (C=O) groups excluding carboxylic acids is 2. The molecule has 1 N–H and O–H groups in total. The molecule has 0 saturated carbocycles. The normalized spacial score (nSPS) is 13.5. The smallest absolute Gasteiger partial charge is 0.255 e. The van der Waals surface area contributed by atoms with Crippen molar-refractivity contribution in [2.45, 2.75) is 19.3 Å². The lowest BCUT2D eigenvalue weighted by molar-refractivity contribution is -0.119. The Balaban J connectivity index is 1.56. The highest BCUT2D eigenvalue weighted by atomic mass is 16.5. The first-order valence-electron chi connectivity index (χ1n) is 8.99. The van der Waals surface area contributed by atoms with E-state index in [1.54, 1.807) is 18.2 Å². The van der Waals surface area contributed by atoms with E-state index >= 15 is 0 Å². The molecule has 1 saturated heterocycles. The van der Waals surface area contributed by atoms with Gasteiger partial charge in [0, 0.05) is 24.2 Å². The standard InChI is InChI=1S/C22H22N2O3/c1-27-20-9-3-2-8-19(20)22(26)23-15-6-7-17-11-13-18(14-12-17)24-16-5-4-10-21(24)25/h2-3,8-9,11-14H,4-5,10,15-16H2,1H3,(H,23,26). The van der Waals surface area contributed by atoms with Gasteiger partial charge in [0.25, 0.3) is 5.91 Å². The fraction of sp³-hybridized carbons (Fsp3) is 0.273. The SMILES string of the molecule is COc1ccccc1C(=O)NCC#Cc1ccc(N2CCCCC2=O)cc1. The van der Waals surface area contributed by atoms with Crippen LogP contribution in [0.25, 0.3) is 0 Å². The zero-order valence-corrected chi connectivity index (χ0v) is 15.3. The monoisotopic (exact) mass is 362 g/mol. The minimum atomic E-state index is -0.222. The summed E-state index contributed by atoms with van der Waals surface area (Å²) in [6.45, 7) is 1.02. The molecule has 138 valence electrons. The minimum absolute atomic E-state index is 0.180. The van der Waals surface area contributed by atoms with E-state index in [2.05, 4.69) is 17.2 Å². The summed E-state index contributed by atoms with van der Waals surface area (Å²) >= 11 is 0. The van der Waals surface area contributed by atoms with E-state index in [4.69, 9.17) is 4.74 Å². The molecule has 27 heavy (non-hydrogen) atoms. The summed E-state index contributed by atoms with van der Waals surface area (Å²) < 4.78 is 5.19. The molecule has 0 atom stereocenters. The third-order valence-electron chi connectivity index (χ3n) is 4.42. The van der Waals surface area contributed by atoms with Gasteiger partial charge in [0.1, 0.15) is 5.75 Å². The predicted molar refractivity (Wildman–Crippen MR) is 105 cm³/mol. The van der Waals surface area contributed by atoms with Crippen LogP contribution >= 0.6 is 0 Å². The second-order valence-corrected chi connectivity index (χ2v) is 6.23. The Morgan fingerprint density at radius 3 is 2.67 bits per heavy atom. The summed E-state index contributed by atoms with van der Waals surface area (Å²) in [4.78, 5) is 26.0. The Bertz CT molecular complexity index is 878. The van der Waals surface area contributed by atoms with E-state index in [0.29, 0.717) is 17.7 Å². The number of hydrogen-bond donors (Lipinski definition) is 1. The fourth-order valence-electron chi connectivity index (χ4n) is 3.00. The van der Waals surface area contributed by atoms with Crippen LogP contribution in [0.15, 0.2) is 48.5 Å². The lowest BCUT2D eigenvalue weighted by Gasteiger charge is -2.26. The zero-order valence-electron chi connectivity index (χ0n) is 15.3. The maximum Gasteiger partial charge on any atom is 0.255 e. The van der Waals surface area contributed by atoms with Crippen LogP contribution in [0.5, 0.6) is 5.75 Å². The number of para-hydroxylation sites is 1. The predicted octanol–water partition coefficient (Wildman–Crippen LogP) is 2.99. The van der Waals surface area contributed by atoms with Crippen molar-refractivity contribution >= 4 is 17.5 Å². The molecule has 5 nitrogen and oxygen atoms in total. The molecule has 2 aromatic rings. The largest absolute Gasteiger partial charge is 0.496 e. The molecule has 1 fully saturated rings. The molecule has 2 amide bonds. The molecular weight excluding hydrogens is 340 g/mol. The summed E-state index contributed by atoms with van der Waals surface area (Å²) in [6.07, 6.45) is 2.63. The second-order valence-electron chi connectivity index (χ2n) is 6.23. The van der Waals surface area contributed by atoms with E-state index in [9.17, 15) is 9.59 Å². The summed E-state index contributed by atoms with van der Waals surface area (Å²) in [5.41, 5.74) is 2.24. The number of carbonyl (C=O) groups is 2. The highest BCUT2D eigenvalue weighted by molar-refractivity contribution is 5.97. The van der Waals surface area contributed by atoms with Gasteiger partial charge in [-0.3, -0.25) is 9.59 Å². The number of nitrogens with zero attached hydrogens (tertiary/aromatic N) is 1. The van der Waals surface area contributed by atoms with Gasteiger partial charge in [-0.05, 0) is 49.2 Å². The zero-order chi connectivity index (χ0) is 19.1. The molecule has 2 aromatic carbocycles. The van der Waals surface area contributed by atoms with Gasteiger partial charge in [0.15, 0.2) is 0 Å². The number of hydrogen-bond acceptors (Lipinski definition) is 3. The Labute approximate surface area is 159 Å². The lowest BCUT2D eigenvalue weighted by atomic mass is 10.1. The van der Waals surface area contributed by atoms with E-state index in [0.717, 1.165) is 30.6 Å². The number of anilines is 1. The number of methoxy groups -OCH3 is 1. The van der Waals surface area contributed by atoms with Gasteiger partial charge < -0.3 is 15.0 Å². The number of rotatable bonds is 4. The summed E-state index contributed by atoms with van der Waals surface area (Å²) in [5, 5.41) is 2.77. The Morgan fingerprint density at radius 1 is 1.15 bits per heavy atom. The Hall–Kier alpha value is -3.26. The Morgan fingerprint density at radius 2 is 1.93 bits per heavy atom. The molecule has 0 radical (unpaired) electrons. The quantitative estimate of drug-likeness (QED) is 0.851. The van der Waals surface area contributed by atoms with E-state index in [1.165, 1.54) is 7.11 Å². The van der Waals surface area contributed by atoms with Crippen LogP contribution in [0.1, 0.15) is 35.2 Å². The molecule has 0 aromatic heterocycles. The first kappa shape index (κ1) is 18.5. The van der Waals surface area contributed by atoms with Gasteiger partial charge in [-0.2, -0.15) is 0 Å². The van der Waals surface area contributed by atoms with Crippen LogP contribution in [0.3, 0.4) is 0 Å². The van der Waals surface area contributed by atoms with Crippen molar-refractivity contribution in [3.63, 3.8) is 0 Å². The molecule has 0 unspecified atom stereocenters. The topological polar surface area (TPSA) is 58.6 Å². The highest BCUT2D eigenvalue weighted by Gasteiger charge is 2.19. The van der Waals surface area contributed by atoms with Gasteiger partial charge in [0.2, 0.25) is 5.91 Å². The maximum atomic E-state index is 12.2. The second kappa shape index (κ2) is 8.91. The first-order chi connectivity index (χ1) is 13.2. The van der Waals surface area contributed by atoms with Crippen molar-refractivity contribution in [2.24, 2.45) is 0 Å². The van der Waals surface area contributed by atoms with Crippen molar-refractivity contribution in [2.75, 3.05) is 25.1 Å². The highest BCUT2D eigenvalue weighted by Crippen LogP contribution is 2.21. The lowest BCUT2D eigenvalue weighted by Crippen LogP contribution is -2.35. The summed E-state index contributed by atoms with van der Waals surface area (Å²) in [5.74, 6) is 6.46. The molecule has 0 aliphatic carbocycles. The number of amides is 2. The summed E-state index contributed by atoms with van der Waals surface area (Å²) in [7, 11) is 1.53. The molecule has 1 aliphatic rings. The third kappa shape index (κ3) is 4.68. The fourth-order valence-corrected chi connectivity index (χ4v) is 3.00. The van der Waals surface area contributed by atoms with Crippen LogP contribution in [0, 0.1) is 11.8 Å². The van der Waals surface area contributed by atoms with E-state index in [1.807, 2.05) is 35.2 Å². The third-order valence-corrected chi connectivity index (χ3v) is 4.42. The van der Waals surface area contributed by atoms with Crippen LogP contribution in [0.4, 0.5) is 5.69 Å². The molecule has 3 rings (SSSR count). The van der Waals surface area contributed by atoms with Crippen LogP contribution in [0.2, 0.25) is 0 Å². The minimum Gasteiger partial charge on any atom is -0.496 e. The van der Waals surface area contributed by atoms with Crippen molar-refractivity contribution in [3.05, 3.63) is 59.7 Å². The number of piperidine rings is 1. The van der Waals surface area contributed by atoms with Crippen molar-refractivity contribution in [1.82, 2.24) is 5.32 Å². The van der Waals surface area contributed by atoms with Crippen LogP contribution in [-0.2, 0) is 4.79 Å². The van der Waals surface area contributed by atoms with Crippen LogP contribution in [-0.4, -0.2) is 32.0 Å². The molecule has 0 bridgehead atoms. The van der Waals surface area contributed by atoms with Crippen LogP contribution < -0.4 is 15.0 Å². The van der Waals surface area contributed by atoms with Gasteiger partial charge in [0.05, 0.1) is 19.2 Å². The molecule has 1 aliphatic heterocycles. The average molecular weight is 362 g/mol. The Kier molecular flexibility index (Phi) is 6.11. The summed E-state index contributed by atoms with van der Waals surface area (Å²) in [6, 6.07) is 14.7. The molecular formula is C22H22N2O3. The number of benzene rings is 2. The first-order valence-corrected chi connectivity index (χ1v) is 8.99. The molecule has 5 heteroatoms. The van der Waals surface area contributed by atoms with Crippen molar-refractivity contribution in [3.8, 4) is 17.6 Å². The van der Waals surface area contributed by atoms with Gasteiger partial charge in [-0.15, -0.1) is 0 Å². The van der Waals surface area contributed by atoms with Gasteiger partial charge >= 0.3 is 0 Å². The van der Waals surface area contributed by atoms with E-state index in [-0.39, 0.29) is 18.4 Å². The maximum absolute atomic E-state index is 12.2.